The number of nitrogens with two attached hydrogens (primary N) is 1. The van der Waals surface area contributed by atoms with Crippen molar-refractivity contribution in [2.24, 2.45) is 5.73 Å². The topological polar surface area (TPSA) is 177 Å². The second-order valence-electron chi connectivity index (χ2n) is 8.55. The van der Waals surface area contributed by atoms with Crippen LogP contribution < -0.4 is 16.4 Å². The molecule has 1 aromatic rings. The lowest BCUT2D eigenvalue weighted by Crippen LogP contribution is -2.55. The molecule has 5 N–H and O–H groups in total. The summed E-state index contributed by atoms with van der Waals surface area (Å²) in [5, 5.41) is 14.4. The summed E-state index contributed by atoms with van der Waals surface area (Å²) < 4.78 is 9.70. The summed E-state index contributed by atoms with van der Waals surface area (Å²) in [6.07, 6.45) is 3.97. The fourth-order valence-electron chi connectivity index (χ4n) is 3.17. The SMILES string of the molecule is C#Cc1ccccc1C(C(=O)NCC(=O)OC)N(CCO)C(=O)C(CC(N)=O)NC(=O)OC(C)(C)C. The average Bonchev–Trinajstić information content (AvgIpc) is 2.80. The van der Waals surface area contributed by atoms with Crippen molar-refractivity contribution in [3.8, 4) is 12.3 Å². The van der Waals surface area contributed by atoms with Gasteiger partial charge in [-0.05, 0) is 32.4 Å². The number of hydrogen-bond donors (Lipinski definition) is 4. The van der Waals surface area contributed by atoms with Gasteiger partial charge in [-0.15, -0.1) is 6.42 Å². The molecule has 0 heterocycles. The van der Waals surface area contributed by atoms with Crippen molar-refractivity contribution < 1.29 is 38.6 Å². The smallest absolute Gasteiger partial charge is 0.408 e. The van der Waals surface area contributed by atoms with Crippen LogP contribution in [0.15, 0.2) is 24.3 Å². The maximum absolute atomic E-state index is 13.6. The van der Waals surface area contributed by atoms with Crippen LogP contribution in [-0.4, -0.2) is 78.2 Å². The number of carbonyl (C=O) groups is 5. The summed E-state index contributed by atoms with van der Waals surface area (Å²) in [4.78, 5) is 63.4. The first kappa shape index (κ1) is 29.9. The van der Waals surface area contributed by atoms with Gasteiger partial charge in [0.2, 0.25) is 17.7 Å². The molecule has 0 radical (unpaired) electrons. The maximum Gasteiger partial charge on any atom is 0.408 e. The number of amides is 4. The van der Waals surface area contributed by atoms with Gasteiger partial charge < -0.3 is 35.8 Å². The third-order valence-corrected chi connectivity index (χ3v) is 4.62. The van der Waals surface area contributed by atoms with Gasteiger partial charge in [-0.25, -0.2) is 4.79 Å². The molecule has 0 saturated heterocycles. The highest BCUT2D eigenvalue weighted by Gasteiger charge is 2.37. The van der Waals surface area contributed by atoms with E-state index in [2.05, 4.69) is 21.3 Å². The Kier molecular flexibility index (Phi) is 11.4. The summed E-state index contributed by atoms with van der Waals surface area (Å²) in [6, 6.07) is 3.27. The first-order valence-electron chi connectivity index (χ1n) is 10.9. The highest BCUT2D eigenvalue weighted by Crippen LogP contribution is 2.26. The molecule has 12 nitrogen and oxygen atoms in total. The van der Waals surface area contributed by atoms with Crippen molar-refractivity contribution in [1.29, 1.82) is 0 Å². The Labute approximate surface area is 209 Å². The first-order valence-corrected chi connectivity index (χ1v) is 10.9. The Hall–Kier alpha value is -4.11. The van der Waals surface area contributed by atoms with E-state index in [0.717, 1.165) is 12.0 Å². The molecule has 36 heavy (non-hydrogen) atoms. The third-order valence-electron chi connectivity index (χ3n) is 4.62. The molecule has 4 amide bonds. The molecule has 2 unspecified atom stereocenters. The molecule has 0 aromatic heterocycles. The molecular formula is C24H32N4O8. The van der Waals surface area contributed by atoms with Crippen LogP contribution >= 0.6 is 0 Å². The first-order chi connectivity index (χ1) is 16.8. The van der Waals surface area contributed by atoms with Crippen molar-refractivity contribution in [3.05, 3.63) is 35.4 Å². The Balaban J connectivity index is 3.51. The lowest BCUT2D eigenvalue weighted by molar-refractivity contribution is -0.145. The van der Waals surface area contributed by atoms with Gasteiger partial charge >= 0.3 is 12.1 Å². The Bertz CT molecular complexity index is 1010. The van der Waals surface area contributed by atoms with E-state index in [1.165, 1.54) is 12.1 Å². The monoisotopic (exact) mass is 504 g/mol. The number of aliphatic hydroxyl groups excluding tert-OH is 1. The molecule has 1 rings (SSSR count). The number of methoxy groups -OCH3 is 1. The van der Waals surface area contributed by atoms with Crippen molar-refractivity contribution in [2.45, 2.75) is 44.9 Å². The van der Waals surface area contributed by atoms with Gasteiger partial charge in [-0.3, -0.25) is 19.2 Å². The van der Waals surface area contributed by atoms with E-state index < -0.39 is 67.0 Å². The molecule has 0 fully saturated rings. The fraction of sp³-hybridized carbons (Fsp3) is 0.458. The van der Waals surface area contributed by atoms with Gasteiger partial charge in [-0.1, -0.05) is 24.1 Å². The number of terminal acetylenes is 1. The van der Waals surface area contributed by atoms with Crippen LogP contribution in [0.5, 0.6) is 0 Å². The zero-order valence-electron chi connectivity index (χ0n) is 20.7. The van der Waals surface area contributed by atoms with Crippen LogP contribution in [0.25, 0.3) is 0 Å². The van der Waals surface area contributed by atoms with E-state index in [1.807, 2.05) is 0 Å². The summed E-state index contributed by atoms with van der Waals surface area (Å²) in [5.41, 5.74) is 4.85. The van der Waals surface area contributed by atoms with Gasteiger partial charge in [-0.2, -0.15) is 0 Å². The zero-order valence-corrected chi connectivity index (χ0v) is 20.7. The highest BCUT2D eigenvalue weighted by atomic mass is 16.6. The summed E-state index contributed by atoms with van der Waals surface area (Å²) in [5.74, 6) is -0.969. The van der Waals surface area contributed by atoms with Gasteiger partial charge in [0.15, 0.2) is 0 Å². The van der Waals surface area contributed by atoms with Crippen molar-refractivity contribution in [3.63, 3.8) is 0 Å². The van der Waals surface area contributed by atoms with E-state index >= 15 is 0 Å². The molecule has 0 aliphatic carbocycles. The number of benzene rings is 1. The largest absolute Gasteiger partial charge is 0.468 e. The minimum atomic E-state index is -1.53. The van der Waals surface area contributed by atoms with E-state index in [-0.39, 0.29) is 17.7 Å². The number of ether oxygens (including phenoxy) is 2. The van der Waals surface area contributed by atoms with E-state index in [0.29, 0.717) is 0 Å². The lowest BCUT2D eigenvalue weighted by Gasteiger charge is -2.34. The van der Waals surface area contributed by atoms with Gasteiger partial charge in [0.05, 0.1) is 20.1 Å². The molecule has 2 atom stereocenters. The van der Waals surface area contributed by atoms with E-state index in [4.69, 9.17) is 16.9 Å². The molecule has 0 saturated carbocycles. The standard InChI is InChI=1S/C24H32N4O8/c1-6-15-9-7-8-10-16(15)20(21(32)26-14-19(31)35-5)28(11-12-29)22(33)17(13-18(25)30)27-23(34)36-24(2,3)4/h1,7-10,17,20,29H,11-14H2,2-5H3,(H2,25,30)(H,26,32)(H,27,34). The van der Waals surface area contributed by atoms with Crippen LogP contribution in [0.2, 0.25) is 0 Å². The van der Waals surface area contributed by atoms with Crippen molar-refractivity contribution >= 4 is 29.8 Å². The molecule has 0 aliphatic rings. The maximum atomic E-state index is 13.6. The molecule has 0 spiro atoms. The fourth-order valence-corrected chi connectivity index (χ4v) is 3.17. The van der Waals surface area contributed by atoms with Crippen LogP contribution in [-0.2, 0) is 28.7 Å². The number of aliphatic hydroxyl groups is 1. The number of carbonyl (C=O) groups excluding carboxylic acids is 5. The average molecular weight is 505 g/mol. The molecule has 0 aliphatic heterocycles. The summed E-state index contributed by atoms with van der Waals surface area (Å²) >= 11 is 0. The third kappa shape index (κ3) is 9.27. The number of hydrogen-bond acceptors (Lipinski definition) is 8. The number of esters is 1. The normalized spacial score (nSPS) is 12.3. The number of alkyl carbamates (subject to hydrolysis) is 1. The van der Waals surface area contributed by atoms with Crippen molar-refractivity contribution in [2.75, 3.05) is 26.8 Å². The lowest BCUT2D eigenvalue weighted by atomic mass is 9.97. The number of nitrogens with one attached hydrogen (secondary N) is 2. The number of primary amides is 1. The van der Waals surface area contributed by atoms with Gasteiger partial charge in [0, 0.05) is 12.1 Å². The summed E-state index contributed by atoms with van der Waals surface area (Å²) in [7, 11) is 1.14. The number of nitrogens with zero attached hydrogens (tertiary/aromatic N) is 1. The van der Waals surface area contributed by atoms with Crippen LogP contribution in [0, 0.1) is 12.3 Å². The minimum absolute atomic E-state index is 0.208. The Morgan fingerprint density at radius 3 is 2.36 bits per heavy atom. The van der Waals surface area contributed by atoms with Crippen molar-refractivity contribution in [1.82, 2.24) is 15.5 Å². The van der Waals surface area contributed by atoms with Gasteiger partial charge in [0.25, 0.3) is 0 Å². The van der Waals surface area contributed by atoms with E-state index in [1.54, 1.807) is 32.9 Å². The predicted molar refractivity (Wildman–Crippen MR) is 128 cm³/mol. The van der Waals surface area contributed by atoms with Gasteiger partial charge in [0.1, 0.15) is 24.2 Å². The van der Waals surface area contributed by atoms with E-state index in [9.17, 15) is 29.1 Å². The molecule has 196 valence electrons. The molecular weight excluding hydrogens is 472 g/mol. The molecule has 0 bridgehead atoms. The highest BCUT2D eigenvalue weighted by molar-refractivity contribution is 5.95. The predicted octanol–water partition coefficient (Wildman–Crippen LogP) is -0.412. The zero-order chi connectivity index (χ0) is 27.5. The number of rotatable bonds is 11. The molecule has 1 aromatic carbocycles. The van der Waals surface area contributed by atoms with Crippen LogP contribution in [0.1, 0.15) is 44.4 Å². The van der Waals surface area contributed by atoms with Crippen LogP contribution in [0.3, 0.4) is 0 Å². The Morgan fingerprint density at radius 2 is 1.83 bits per heavy atom. The summed E-state index contributed by atoms with van der Waals surface area (Å²) in [6.45, 7) is 3.34. The van der Waals surface area contributed by atoms with Crippen LogP contribution in [0.4, 0.5) is 4.79 Å². The quantitative estimate of drug-likeness (QED) is 0.232. The second kappa shape index (κ2) is 13.7. The Morgan fingerprint density at radius 1 is 1.19 bits per heavy atom. The minimum Gasteiger partial charge on any atom is -0.468 e. The molecule has 12 heteroatoms. The second-order valence-corrected chi connectivity index (χ2v) is 8.55.